The van der Waals surface area contributed by atoms with Gasteiger partial charge in [-0.1, -0.05) is 17.7 Å². The number of thioether (sulfide) groups is 1. The Morgan fingerprint density at radius 1 is 1.19 bits per heavy atom. The van der Waals surface area contributed by atoms with E-state index in [2.05, 4.69) is 66.2 Å². The summed E-state index contributed by atoms with van der Waals surface area (Å²) in [6.07, 6.45) is 8.58. The van der Waals surface area contributed by atoms with Crippen molar-refractivity contribution in [2.45, 2.75) is 40.2 Å². The van der Waals surface area contributed by atoms with Gasteiger partial charge in [0, 0.05) is 5.75 Å². The normalized spacial score (nSPS) is 10.6. The van der Waals surface area contributed by atoms with Gasteiger partial charge in [0.25, 0.3) is 0 Å². The number of nitriles is 1. The van der Waals surface area contributed by atoms with E-state index in [-0.39, 0.29) is 0 Å². The van der Waals surface area contributed by atoms with E-state index in [4.69, 9.17) is 5.26 Å². The SMILES string of the molecule is Cc1cc(C)c(-n2cc[n+](CCCCSC#N)c2)c(C)c1. The zero-order valence-electron chi connectivity index (χ0n) is 13.0. The van der Waals surface area contributed by atoms with Crippen molar-refractivity contribution >= 4 is 11.8 Å². The molecule has 1 aromatic carbocycles. The maximum Gasteiger partial charge on any atom is 0.248 e. The number of unbranched alkanes of at least 4 members (excludes halogenated alkanes) is 1. The minimum atomic E-state index is 0.925. The lowest BCUT2D eigenvalue weighted by molar-refractivity contribution is -0.696. The van der Waals surface area contributed by atoms with E-state index in [0.717, 1.165) is 25.1 Å². The van der Waals surface area contributed by atoms with Gasteiger partial charge < -0.3 is 0 Å². The van der Waals surface area contributed by atoms with Crippen LogP contribution in [0.3, 0.4) is 0 Å². The van der Waals surface area contributed by atoms with Crippen molar-refractivity contribution in [2.75, 3.05) is 5.75 Å². The Kier molecular flexibility index (Phi) is 5.46. The van der Waals surface area contributed by atoms with Gasteiger partial charge in [-0.25, -0.2) is 9.13 Å². The zero-order chi connectivity index (χ0) is 15.2. The van der Waals surface area contributed by atoms with Crippen LogP contribution in [0.1, 0.15) is 29.5 Å². The molecule has 0 aliphatic rings. The molecule has 0 atom stereocenters. The van der Waals surface area contributed by atoms with E-state index >= 15 is 0 Å². The molecule has 1 aromatic heterocycles. The van der Waals surface area contributed by atoms with Crippen LogP contribution < -0.4 is 4.57 Å². The molecule has 0 saturated heterocycles. The second-order valence-electron chi connectivity index (χ2n) is 5.45. The molecule has 2 rings (SSSR count). The van der Waals surface area contributed by atoms with Gasteiger partial charge in [0.1, 0.15) is 23.5 Å². The number of aromatic nitrogens is 2. The summed E-state index contributed by atoms with van der Waals surface area (Å²) < 4.78 is 4.42. The van der Waals surface area contributed by atoms with Crippen LogP contribution in [0.5, 0.6) is 0 Å². The highest BCUT2D eigenvalue weighted by Gasteiger charge is 2.12. The van der Waals surface area contributed by atoms with Gasteiger partial charge >= 0.3 is 0 Å². The summed E-state index contributed by atoms with van der Waals surface area (Å²) in [5.74, 6) is 0.925. The topological polar surface area (TPSA) is 32.6 Å². The Balaban J connectivity index is 2.05. The number of hydrogen-bond donors (Lipinski definition) is 0. The number of benzene rings is 1. The molecule has 0 fully saturated rings. The summed E-state index contributed by atoms with van der Waals surface area (Å²) >= 11 is 1.34. The van der Waals surface area contributed by atoms with Crippen molar-refractivity contribution in [2.24, 2.45) is 0 Å². The number of imidazole rings is 1. The predicted molar refractivity (Wildman–Crippen MR) is 87.5 cm³/mol. The molecule has 0 amide bonds. The molecular formula is C17H22N3S+. The van der Waals surface area contributed by atoms with Gasteiger partial charge in [-0.05, 0) is 56.5 Å². The largest absolute Gasteiger partial charge is 0.248 e. The summed E-state index contributed by atoms with van der Waals surface area (Å²) in [7, 11) is 0. The highest BCUT2D eigenvalue weighted by Crippen LogP contribution is 2.20. The highest BCUT2D eigenvalue weighted by atomic mass is 32.2. The van der Waals surface area contributed by atoms with E-state index in [9.17, 15) is 0 Å². The quantitative estimate of drug-likeness (QED) is 0.463. The molecule has 0 unspecified atom stereocenters. The monoisotopic (exact) mass is 300 g/mol. The van der Waals surface area contributed by atoms with Crippen LogP contribution >= 0.6 is 11.8 Å². The standard InChI is InChI=1S/C17H22N3S/c1-14-10-15(2)17(16(3)11-14)20-8-7-19(13-20)6-4-5-9-21-12-18/h7-8,10-11,13H,4-6,9H2,1-3H3/q+1. The third kappa shape index (κ3) is 4.12. The Morgan fingerprint density at radius 3 is 2.57 bits per heavy atom. The average molecular weight is 300 g/mol. The van der Waals surface area contributed by atoms with Gasteiger partial charge in [0.05, 0.1) is 6.54 Å². The fourth-order valence-electron chi connectivity index (χ4n) is 2.75. The van der Waals surface area contributed by atoms with Gasteiger partial charge in [-0.15, -0.1) is 0 Å². The lowest BCUT2D eigenvalue weighted by Crippen LogP contribution is -2.30. The first kappa shape index (κ1) is 15.7. The molecule has 0 saturated carbocycles. The first-order chi connectivity index (χ1) is 10.1. The fourth-order valence-corrected chi connectivity index (χ4v) is 3.19. The number of rotatable bonds is 6. The number of hydrogen-bond acceptors (Lipinski definition) is 2. The van der Waals surface area contributed by atoms with Gasteiger partial charge in [0.2, 0.25) is 6.33 Å². The lowest BCUT2D eigenvalue weighted by atomic mass is 10.1. The minimum Gasteiger partial charge on any atom is -0.236 e. The van der Waals surface area contributed by atoms with Gasteiger partial charge in [-0.3, -0.25) is 0 Å². The van der Waals surface area contributed by atoms with Gasteiger partial charge in [-0.2, -0.15) is 5.26 Å². The first-order valence-corrected chi connectivity index (χ1v) is 8.26. The molecular weight excluding hydrogens is 278 g/mol. The van der Waals surface area contributed by atoms with Crippen LogP contribution in [0.15, 0.2) is 30.9 Å². The Morgan fingerprint density at radius 2 is 1.90 bits per heavy atom. The van der Waals surface area contributed by atoms with Crippen molar-refractivity contribution < 1.29 is 4.57 Å². The fraction of sp³-hybridized carbons (Fsp3) is 0.412. The number of nitrogens with zero attached hydrogens (tertiary/aromatic N) is 3. The summed E-state index contributed by atoms with van der Waals surface area (Å²) in [5, 5.41) is 10.6. The smallest absolute Gasteiger partial charge is 0.236 e. The third-order valence-electron chi connectivity index (χ3n) is 3.56. The molecule has 0 N–H and O–H groups in total. The molecule has 0 radical (unpaired) electrons. The van der Waals surface area contributed by atoms with Crippen LogP contribution in [-0.4, -0.2) is 10.3 Å². The molecule has 21 heavy (non-hydrogen) atoms. The zero-order valence-corrected chi connectivity index (χ0v) is 13.8. The summed E-state index contributed by atoms with van der Waals surface area (Å²) in [5.41, 5.74) is 5.20. The second-order valence-corrected chi connectivity index (χ2v) is 6.33. The molecule has 0 aliphatic heterocycles. The molecule has 0 aliphatic carbocycles. The maximum atomic E-state index is 8.49. The number of thiocyanates is 1. The third-order valence-corrected chi connectivity index (χ3v) is 4.18. The molecule has 3 nitrogen and oxygen atoms in total. The lowest BCUT2D eigenvalue weighted by Gasteiger charge is -2.07. The molecule has 1 heterocycles. The molecule has 2 aromatic rings. The van der Waals surface area contributed by atoms with Crippen molar-refractivity contribution in [3.05, 3.63) is 47.5 Å². The Labute approximate surface area is 131 Å². The van der Waals surface area contributed by atoms with Crippen molar-refractivity contribution in [3.63, 3.8) is 0 Å². The average Bonchev–Trinajstić information content (AvgIpc) is 2.86. The van der Waals surface area contributed by atoms with E-state index in [1.165, 1.54) is 34.1 Å². The van der Waals surface area contributed by atoms with Crippen LogP contribution in [0, 0.1) is 31.4 Å². The number of aryl methyl sites for hydroxylation is 4. The van der Waals surface area contributed by atoms with E-state index < -0.39 is 0 Å². The Bertz CT molecular complexity index is 629. The van der Waals surface area contributed by atoms with Crippen LogP contribution in [0.2, 0.25) is 0 Å². The molecule has 110 valence electrons. The summed E-state index contributed by atoms with van der Waals surface area (Å²) in [6.45, 7) is 7.47. The van der Waals surface area contributed by atoms with Crippen LogP contribution in [0.25, 0.3) is 5.69 Å². The van der Waals surface area contributed by atoms with E-state index in [0.29, 0.717) is 0 Å². The second kappa shape index (κ2) is 7.33. The predicted octanol–water partition coefficient (Wildman–Crippen LogP) is 3.68. The van der Waals surface area contributed by atoms with E-state index in [1.54, 1.807) is 0 Å². The molecule has 0 spiro atoms. The Hall–Kier alpha value is -1.73. The van der Waals surface area contributed by atoms with Crippen molar-refractivity contribution in [1.29, 1.82) is 5.26 Å². The van der Waals surface area contributed by atoms with Crippen molar-refractivity contribution in [1.82, 2.24) is 4.57 Å². The van der Waals surface area contributed by atoms with Crippen LogP contribution in [-0.2, 0) is 6.54 Å². The van der Waals surface area contributed by atoms with Crippen molar-refractivity contribution in [3.8, 4) is 11.1 Å². The maximum absolute atomic E-state index is 8.49. The first-order valence-electron chi connectivity index (χ1n) is 7.28. The highest BCUT2D eigenvalue weighted by molar-refractivity contribution is 8.03. The van der Waals surface area contributed by atoms with Crippen LogP contribution in [0.4, 0.5) is 0 Å². The summed E-state index contributed by atoms with van der Waals surface area (Å²) in [4.78, 5) is 0. The van der Waals surface area contributed by atoms with Gasteiger partial charge in [0.15, 0.2) is 0 Å². The minimum absolute atomic E-state index is 0.925. The molecule has 4 heteroatoms. The molecule has 0 bridgehead atoms. The van der Waals surface area contributed by atoms with E-state index in [1.807, 2.05) is 0 Å². The summed E-state index contributed by atoms with van der Waals surface area (Å²) in [6, 6.07) is 4.46.